The van der Waals surface area contributed by atoms with Crippen molar-refractivity contribution in [2.75, 3.05) is 6.54 Å². The van der Waals surface area contributed by atoms with Crippen molar-refractivity contribution < 1.29 is 4.74 Å². The predicted octanol–water partition coefficient (Wildman–Crippen LogP) is 3.16. The molecule has 2 heteroatoms. The van der Waals surface area contributed by atoms with Gasteiger partial charge in [0.15, 0.2) is 0 Å². The van der Waals surface area contributed by atoms with Gasteiger partial charge >= 0.3 is 0 Å². The van der Waals surface area contributed by atoms with E-state index in [1.807, 2.05) is 0 Å². The zero-order valence-electron chi connectivity index (χ0n) is 11.2. The highest BCUT2D eigenvalue weighted by Crippen LogP contribution is 2.31. The normalized spacial score (nSPS) is 30.8. The van der Waals surface area contributed by atoms with Crippen molar-refractivity contribution in [2.45, 2.75) is 51.2 Å². The highest BCUT2D eigenvalue weighted by Gasteiger charge is 2.28. The highest BCUT2D eigenvalue weighted by atomic mass is 16.5. The van der Waals surface area contributed by atoms with Crippen LogP contribution in [0.15, 0.2) is 24.3 Å². The van der Waals surface area contributed by atoms with Gasteiger partial charge in [-0.15, -0.1) is 0 Å². The molecular weight excluding hydrogens is 222 g/mol. The van der Waals surface area contributed by atoms with Gasteiger partial charge in [-0.1, -0.05) is 31.5 Å². The van der Waals surface area contributed by atoms with Gasteiger partial charge in [-0.05, 0) is 43.4 Å². The Kier molecular flexibility index (Phi) is 3.55. The van der Waals surface area contributed by atoms with Crippen LogP contribution in [0.1, 0.15) is 38.2 Å². The summed E-state index contributed by atoms with van der Waals surface area (Å²) in [6.07, 6.45) is 6.63. The minimum Gasteiger partial charge on any atom is -0.490 e. The summed E-state index contributed by atoms with van der Waals surface area (Å²) in [4.78, 5) is 0. The van der Waals surface area contributed by atoms with Crippen LogP contribution in [0.5, 0.6) is 5.75 Å². The smallest absolute Gasteiger partial charge is 0.123 e. The van der Waals surface area contributed by atoms with Crippen molar-refractivity contribution in [1.82, 2.24) is 5.32 Å². The minimum absolute atomic E-state index is 0.385. The van der Waals surface area contributed by atoms with Gasteiger partial charge in [-0.25, -0.2) is 0 Å². The van der Waals surface area contributed by atoms with Crippen LogP contribution in [-0.4, -0.2) is 18.7 Å². The van der Waals surface area contributed by atoms with E-state index in [0.29, 0.717) is 12.1 Å². The standard InChI is InChI=1S/C16H23NO/c1-2-12-7-8-17-14(9-12)11-15-10-13-5-3-4-6-16(13)18-15/h3-6,12,14-15,17H,2,7-11H2,1H3. The molecule has 1 saturated heterocycles. The first-order valence-corrected chi connectivity index (χ1v) is 7.33. The van der Waals surface area contributed by atoms with Gasteiger partial charge in [0.25, 0.3) is 0 Å². The van der Waals surface area contributed by atoms with Crippen LogP contribution in [0.3, 0.4) is 0 Å². The second-order valence-corrected chi connectivity index (χ2v) is 5.74. The average Bonchev–Trinajstić information content (AvgIpc) is 2.81. The molecule has 0 radical (unpaired) electrons. The van der Waals surface area contributed by atoms with Crippen LogP contribution in [0, 0.1) is 5.92 Å². The Morgan fingerprint density at radius 3 is 3.06 bits per heavy atom. The lowest BCUT2D eigenvalue weighted by Crippen LogP contribution is -2.40. The third-order valence-electron chi connectivity index (χ3n) is 4.44. The van der Waals surface area contributed by atoms with E-state index in [2.05, 4.69) is 36.5 Å². The number of hydrogen-bond acceptors (Lipinski definition) is 2. The molecule has 0 amide bonds. The lowest BCUT2D eigenvalue weighted by atomic mass is 9.87. The summed E-state index contributed by atoms with van der Waals surface area (Å²) in [5.41, 5.74) is 1.38. The van der Waals surface area contributed by atoms with E-state index in [9.17, 15) is 0 Å². The molecule has 1 N–H and O–H groups in total. The number of piperidine rings is 1. The molecule has 0 aromatic heterocycles. The Morgan fingerprint density at radius 1 is 1.33 bits per heavy atom. The van der Waals surface area contributed by atoms with Crippen LogP contribution in [0.2, 0.25) is 0 Å². The molecule has 1 fully saturated rings. The zero-order chi connectivity index (χ0) is 12.4. The van der Waals surface area contributed by atoms with Crippen LogP contribution in [0.25, 0.3) is 0 Å². The van der Waals surface area contributed by atoms with Crippen LogP contribution < -0.4 is 10.1 Å². The molecule has 2 aliphatic rings. The van der Waals surface area contributed by atoms with E-state index in [1.165, 1.54) is 31.4 Å². The van der Waals surface area contributed by atoms with E-state index in [0.717, 1.165) is 24.5 Å². The van der Waals surface area contributed by atoms with Gasteiger partial charge in [0, 0.05) is 12.5 Å². The molecule has 2 nitrogen and oxygen atoms in total. The highest BCUT2D eigenvalue weighted by molar-refractivity contribution is 5.37. The molecule has 2 aliphatic heterocycles. The van der Waals surface area contributed by atoms with Gasteiger partial charge in [0.2, 0.25) is 0 Å². The van der Waals surface area contributed by atoms with Crippen molar-refractivity contribution in [3.05, 3.63) is 29.8 Å². The summed E-state index contributed by atoms with van der Waals surface area (Å²) in [7, 11) is 0. The number of hydrogen-bond donors (Lipinski definition) is 1. The van der Waals surface area contributed by atoms with Crippen molar-refractivity contribution in [3.8, 4) is 5.75 Å². The van der Waals surface area contributed by atoms with Crippen molar-refractivity contribution in [2.24, 2.45) is 5.92 Å². The van der Waals surface area contributed by atoms with Gasteiger partial charge in [0.1, 0.15) is 11.9 Å². The first-order valence-electron chi connectivity index (χ1n) is 7.33. The molecule has 0 aliphatic carbocycles. The summed E-state index contributed by atoms with van der Waals surface area (Å²) in [6, 6.07) is 9.11. The fraction of sp³-hybridized carbons (Fsp3) is 0.625. The maximum atomic E-state index is 6.04. The zero-order valence-corrected chi connectivity index (χ0v) is 11.2. The fourth-order valence-corrected chi connectivity index (χ4v) is 3.35. The van der Waals surface area contributed by atoms with Crippen LogP contribution in [0.4, 0.5) is 0 Å². The Labute approximate surface area is 110 Å². The Hall–Kier alpha value is -1.02. The van der Waals surface area contributed by atoms with Crippen molar-refractivity contribution in [3.63, 3.8) is 0 Å². The topological polar surface area (TPSA) is 21.3 Å². The molecule has 1 aromatic rings. The maximum absolute atomic E-state index is 6.04. The summed E-state index contributed by atoms with van der Waals surface area (Å²) in [5.74, 6) is 2.02. The van der Waals surface area contributed by atoms with E-state index >= 15 is 0 Å². The van der Waals surface area contributed by atoms with E-state index in [-0.39, 0.29) is 0 Å². The molecule has 3 unspecified atom stereocenters. The molecule has 1 aromatic carbocycles. The molecule has 3 atom stereocenters. The number of para-hydroxylation sites is 1. The van der Waals surface area contributed by atoms with E-state index < -0.39 is 0 Å². The first kappa shape index (κ1) is 12.0. The average molecular weight is 245 g/mol. The molecule has 3 rings (SSSR count). The van der Waals surface area contributed by atoms with E-state index in [4.69, 9.17) is 4.74 Å². The monoisotopic (exact) mass is 245 g/mol. The maximum Gasteiger partial charge on any atom is 0.123 e. The largest absolute Gasteiger partial charge is 0.490 e. The van der Waals surface area contributed by atoms with Gasteiger partial charge in [-0.3, -0.25) is 0 Å². The Bertz CT molecular complexity index is 379. The van der Waals surface area contributed by atoms with Crippen LogP contribution in [-0.2, 0) is 6.42 Å². The molecule has 18 heavy (non-hydrogen) atoms. The molecule has 0 saturated carbocycles. The third-order valence-corrected chi connectivity index (χ3v) is 4.44. The summed E-state index contributed by atoms with van der Waals surface area (Å²) in [6.45, 7) is 3.50. The molecule has 0 bridgehead atoms. The Balaban J connectivity index is 1.56. The van der Waals surface area contributed by atoms with Crippen molar-refractivity contribution >= 4 is 0 Å². The number of nitrogens with one attached hydrogen (secondary N) is 1. The van der Waals surface area contributed by atoms with Crippen molar-refractivity contribution in [1.29, 1.82) is 0 Å². The predicted molar refractivity (Wildman–Crippen MR) is 74.0 cm³/mol. The third kappa shape index (κ3) is 2.54. The SMILES string of the molecule is CCC1CCNC(CC2Cc3ccccc3O2)C1. The Morgan fingerprint density at radius 2 is 2.22 bits per heavy atom. The van der Waals surface area contributed by atoms with Gasteiger partial charge in [0.05, 0.1) is 0 Å². The minimum atomic E-state index is 0.385. The van der Waals surface area contributed by atoms with Gasteiger partial charge < -0.3 is 10.1 Å². The second kappa shape index (κ2) is 5.31. The number of rotatable bonds is 3. The molecule has 0 spiro atoms. The molecular formula is C16H23NO. The summed E-state index contributed by atoms with van der Waals surface area (Å²) < 4.78 is 6.04. The second-order valence-electron chi connectivity index (χ2n) is 5.74. The fourth-order valence-electron chi connectivity index (χ4n) is 3.35. The van der Waals surface area contributed by atoms with E-state index in [1.54, 1.807) is 0 Å². The number of benzene rings is 1. The lowest BCUT2D eigenvalue weighted by Gasteiger charge is -2.31. The molecule has 2 heterocycles. The van der Waals surface area contributed by atoms with Crippen LogP contribution >= 0.6 is 0 Å². The number of fused-ring (bicyclic) bond motifs is 1. The lowest BCUT2D eigenvalue weighted by molar-refractivity contribution is 0.177. The first-order chi connectivity index (χ1) is 8.85. The summed E-state index contributed by atoms with van der Waals surface area (Å²) >= 11 is 0. The molecule has 98 valence electrons. The summed E-state index contributed by atoms with van der Waals surface area (Å²) in [5, 5.41) is 3.66. The van der Waals surface area contributed by atoms with Gasteiger partial charge in [-0.2, -0.15) is 0 Å². The number of ether oxygens (including phenoxy) is 1. The quantitative estimate of drug-likeness (QED) is 0.883.